The molecule has 0 aromatic heterocycles. The summed E-state index contributed by atoms with van der Waals surface area (Å²) in [6.45, 7) is 4.68. The molecule has 6 heteroatoms. The SMILES string of the molecule is CC(C)(Cc1ccc2ccccc2c1)NC[C@H](O)COc1cccc(Cl)c1C#N.Cl. The fourth-order valence-corrected chi connectivity index (χ4v) is 3.50. The van der Waals surface area contributed by atoms with Crippen LogP contribution in [0.1, 0.15) is 25.0 Å². The highest BCUT2D eigenvalue weighted by atomic mass is 35.5. The van der Waals surface area contributed by atoms with Crippen LogP contribution in [0, 0.1) is 11.3 Å². The lowest BCUT2D eigenvalue weighted by Crippen LogP contribution is -2.46. The lowest BCUT2D eigenvalue weighted by Gasteiger charge is -2.28. The number of nitrogens with one attached hydrogen (secondary N) is 1. The molecular weight excluding hydrogens is 419 g/mol. The molecule has 4 nitrogen and oxygen atoms in total. The number of ether oxygens (including phenoxy) is 1. The van der Waals surface area contributed by atoms with Crippen LogP contribution in [0.3, 0.4) is 0 Å². The molecule has 0 saturated carbocycles. The van der Waals surface area contributed by atoms with Crippen LogP contribution in [0.5, 0.6) is 5.75 Å². The van der Waals surface area contributed by atoms with Crippen molar-refractivity contribution in [3.05, 3.63) is 76.8 Å². The number of rotatable bonds is 8. The van der Waals surface area contributed by atoms with Gasteiger partial charge in [-0.15, -0.1) is 12.4 Å². The Morgan fingerprint density at radius 1 is 1.10 bits per heavy atom. The molecule has 0 radical (unpaired) electrons. The van der Waals surface area contributed by atoms with Crippen LogP contribution in [-0.4, -0.2) is 29.9 Å². The Kier molecular flexibility index (Phi) is 8.52. The molecule has 0 fully saturated rings. The maximum absolute atomic E-state index is 10.3. The highest BCUT2D eigenvalue weighted by Crippen LogP contribution is 2.25. The molecule has 0 aliphatic heterocycles. The van der Waals surface area contributed by atoms with Crippen molar-refractivity contribution in [3.63, 3.8) is 0 Å². The molecule has 0 aliphatic rings. The van der Waals surface area contributed by atoms with E-state index < -0.39 is 6.10 Å². The number of nitrogens with zero attached hydrogens (tertiary/aromatic N) is 1. The predicted octanol–water partition coefficient (Wildman–Crippen LogP) is 5.14. The summed E-state index contributed by atoms with van der Waals surface area (Å²) in [7, 11) is 0. The van der Waals surface area contributed by atoms with Crippen LogP contribution < -0.4 is 10.1 Å². The van der Waals surface area contributed by atoms with Crippen LogP contribution >= 0.6 is 24.0 Å². The van der Waals surface area contributed by atoms with E-state index in [0.717, 1.165) is 6.42 Å². The minimum Gasteiger partial charge on any atom is -0.489 e. The van der Waals surface area contributed by atoms with Gasteiger partial charge in [-0.3, -0.25) is 0 Å². The van der Waals surface area contributed by atoms with Crippen molar-refractivity contribution in [2.24, 2.45) is 0 Å². The van der Waals surface area contributed by atoms with Gasteiger partial charge in [0.15, 0.2) is 0 Å². The van der Waals surface area contributed by atoms with E-state index in [9.17, 15) is 10.4 Å². The predicted molar refractivity (Wildman–Crippen MR) is 125 cm³/mol. The maximum Gasteiger partial charge on any atom is 0.138 e. The van der Waals surface area contributed by atoms with Crippen molar-refractivity contribution >= 4 is 34.8 Å². The molecule has 3 aromatic carbocycles. The summed E-state index contributed by atoms with van der Waals surface area (Å²) in [5, 5.41) is 25.7. The van der Waals surface area contributed by atoms with Gasteiger partial charge < -0.3 is 15.2 Å². The second-order valence-corrected chi connectivity index (χ2v) is 8.22. The number of β-amino-alcohol motifs (C(OH)–C–C–N with tert-alkyl or cyclic N) is 1. The molecule has 0 bridgehead atoms. The maximum atomic E-state index is 10.3. The molecule has 0 heterocycles. The van der Waals surface area contributed by atoms with Gasteiger partial charge in [0.2, 0.25) is 0 Å². The first-order valence-corrected chi connectivity index (χ1v) is 9.98. The van der Waals surface area contributed by atoms with Gasteiger partial charge in [0, 0.05) is 12.1 Å². The molecule has 3 aromatic rings. The van der Waals surface area contributed by atoms with Crippen molar-refractivity contribution in [1.82, 2.24) is 5.32 Å². The van der Waals surface area contributed by atoms with E-state index in [0.29, 0.717) is 17.3 Å². The monoisotopic (exact) mass is 444 g/mol. The summed E-state index contributed by atoms with van der Waals surface area (Å²) in [6, 6.07) is 21.9. The summed E-state index contributed by atoms with van der Waals surface area (Å²) in [5.74, 6) is 0.384. The Morgan fingerprint density at radius 2 is 1.83 bits per heavy atom. The number of hydrogen-bond donors (Lipinski definition) is 2. The topological polar surface area (TPSA) is 65.3 Å². The molecule has 158 valence electrons. The Bertz CT molecular complexity index is 1030. The third-order valence-electron chi connectivity index (χ3n) is 4.79. The standard InChI is InChI=1S/C24H25ClN2O2.ClH/c1-24(2,13-17-10-11-18-6-3-4-7-19(18)12-17)27-15-20(28)16-29-23-9-5-8-22(25)21(23)14-26;/h3-12,20,27-28H,13,15-16H2,1-2H3;1H/t20-;/m0./s1. The molecular formula is C24H26Cl2N2O2. The molecule has 0 unspecified atom stereocenters. The zero-order valence-corrected chi connectivity index (χ0v) is 18.6. The van der Waals surface area contributed by atoms with Gasteiger partial charge in [-0.2, -0.15) is 5.26 Å². The van der Waals surface area contributed by atoms with Gasteiger partial charge in [0.25, 0.3) is 0 Å². The van der Waals surface area contributed by atoms with E-state index in [-0.39, 0.29) is 30.1 Å². The Labute approximate surface area is 188 Å². The number of aliphatic hydroxyl groups is 1. The Balaban J connectivity index is 0.00000320. The summed E-state index contributed by atoms with van der Waals surface area (Å²) in [6.07, 6.45) is 0.120. The number of aliphatic hydroxyl groups excluding tert-OH is 1. The molecule has 0 aliphatic carbocycles. The molecule has 30 heavy (non-hydrogen) atoms. The quantitative estimate of drug-likeness (QED) is 0.504. The molecule has 3 rings (SSSR count). The molecule has 0 amide bonds. The molecule has 1 atom stereocenters. The minimum absolute atomic E-state index is 0. The highest BCUT2D eigenvalue weighted by Gasteiger charge is 2.20. The van der Waals surface area contributed by atoms with E-state index >= 15 is 0 Å². The summed E-state index contributed by atoms with van der Waals surface area (Å²) >= 11 is 6.00. The van der Waals surface area contributed by atoms with Crippen molar-refractivity contribution in [1.29, 1.82) is 5.26 Å². The molecule has 0 spiro atoms. The van der Waals surface area contributed by atoms with Crippen molar-refractivity contribution < 1.29 is 9.84 Å². The first kappa shape index (κ1) is 24.0. The van der Waals surface area contributed by atoms with Crippen LogP contribution in [0.4, 0.5) is 0 Å². The number of nitriles is 1. The summed E-state index contributed by atoms with van der Waals surface area (Å²) < 4.78 is 5.61. The number of hydrogen-bond acceptors (Lipinski definition) is 4. The van der Waals surface area contributed by atoms with Gasteiger partial charge in [0.1, 0.15) is 30.1 Å². The Hall–Kier alpha value is -2.29. The number of benzene rings is 3. The second kappa shape index (κ2) is 10.7. The minimum atomic E-state index is -0.712. The largest absolute Gasteiger partial charge is 0.489 e. The van der Waals surface area contributed by atoms with E-state index in [1.807, 2.05) is 18.2 Å². The van der Waals surface area contributed by atoms with Crippen molar-refractivity contribution in [2.45, 2.75) is 31.9 Å². The number of fused-ring (bicyclic) bond motifs is 1. The van der Waals surface area contributed by atoms with Crippen LogP contribution in [0.15, 0.2) is 60.7 Å². The highest BCUT2D eigenvalue weighted by molar-refractivity contribution is 6.31. The van der Waals surface area contributed by atoms with Gasteiger partial charge in [0.05, 0.1) is 5.02 Å². The normalized spacial score (nSPS) is 12.1. The van der Waals surface area contributed by atoms with E-state index in [4.69, 9.17) is 16.3 Å². The van der Waals surface area contributed by atoms with E-state index in [1.54, 1.807) is 18.2 Å². The van der Waals surface area contributed by atoms with Crippen molar-refractivity contribution in [3.8, 4) is 11.8 Å². The van der Waals surface area contributed by atoms with Gasteiger partial charge in [-0.1, -0.05) is 60.1 Å². The lowest BCUT2D eigenvalue weighted by molar-refractivity contribution is 0.0987. The summed E-state index contributed by atoms with van der Waals surface area (Å²) in [5.41, 5.74) is 1.33. The van der Waals surface area contributed by atoms with E-state index in [1.165, 1.54) is 16.3 Å². The van der Waals surface area contributed by atoms with Crippen LogP contribution in [0.2, 0.25) is 5.02 Å². The molecule has 0 saturated heterocycles. The average Bonchev–Trinajstić information content (AvgIpc) is 2.70. The van der Waals surface area contributed by atoms with Gasteiger partial charge in [-0.05, 0) is 48.7 Å². The first-order chi connectivity index (χ1) is 13.9. The smallest absolute Gasteiger partial charge is 0.138 e. The lowest BCUT2D eigenvalue weighted by atomic mass is 9.93. The third kappa shape index (κ3) is 6.35. The van der Waals surface area contributed by atoms with Gasteiger partial charge in [-0.25, -0.2) is 0 Å². The fraction of sp³-hybridized carbons (Fsp3) is 0.292. The Morgan fingerprint density at radius 3 is 2.57 bits per heavy atom. The van der Waals surface area contributed by atoms with Crippen LogP contribution in [-0.2, 0) is 6.42 Å². The number of halogens is 2. The van der Waals surface area contributed by atoms with Crippen molar-refractivity contribution in [2.75, 3.05) is 13.2 Å². The second-order valence-electron chi connectivity index (χ2n) is 7.81. The zero-order chi connectivity index (χ0) is 20.9. The van der Waals surface area contributed by atoms with Gasteiger partial charge >= 0.3 is 0 Å². The third-order valence-corrected chi connectivity index (χ3v) is 5.11. The van der Waals surface area contributed by atoms with E-state index in [2.05, 4.69) is 49.5 Å². The van der Waals surface area contributed by atoms with Crippen LogP contribution in [0.25, 0.3) is 10.8 Å². The fourth-order valence-electron chi connectivity index (χ4n) is 3.29. The summed E-state index contributed by atoms with van der Waals surface area (Å²) in [4.78, 5) is 0. The average molecular weight is 445 g/mol. The zero-order valence-electron chi connectivity index (χ0n) is 17.1. The molecule has 2 N–H and O–H groups in total. The first-order valence-electron chi connectivity index (χ1n) is 9.60.